The van der Waals surface area contributed by atoms with Crippen LogP contribution in [0.5, 0.6) is 0 Å². The fourth-order valence-electron chi connectivity index (χ4n) is 3.32. The molecule has 0 bridgehead atoms. The van der Waals surface area contributed by atoms with Crippen LogP contribution in [0.1, 0.15) is 46.5 Å². The summed E-state index contributed by atoms with van der Waals surface area (Å²) in [4.78, 5) is 14.4. The minimum atomic E-state index is -2.99. The van der Waals surface area contributed by atoms with Crippen LogP contribution in [0.25, 0.3) is 0 Å². The predicted octanol–water partition coefficient (Wildman–Crippen LogP) is 1.15. The molecule has 2 saturated heterocycles. The Kier molecular flexibility index (Phi) is 4.74. The second-order valence-electron chi connectivity index (χ2n) is 6.43. The standard InChI is InChI=1S/C14H26N2O3S/c1-4-13-15-12(8-10(2)3)14(17)16(13)11-6-5-7-20(18,19)9-11/h10-13,15H,4-9H2,1-3H3. The fourth-order valence-corrected chi connectivity index (χ4v) is 5.01. The minimum absolute atomic E-state index is 0.00968. The molecule has 2 rings (SSSR count). The van der Waals surface area contributed by atoms with Crippen LogP contribution < -0.4 is 5.32 Å². The molecule has 0 aromatic heterocycles. The van der Waals surface area contributed by atoms with Gasteiger partial charge in [-0.3, -0.25) is 10.1 Å². The van der Waals surface area contributed by atoms with Crippen LogP contribution >= 0.6 is 0 Å². The second kappa shape index (κ2) is 6.02. The fraction of sp³-hybridized carbons (Fsp3) is 0.929. The van der Waals surface area contributed by atoms with E-state index in [4.69, 9.17) is 0 Å². The van der Waals surface area contributed by atoms with Gasteiger partial charge in [-0.25, -0.2) is 8.42 Å². The van der Waals surface area contributed by atoms with Crippen LogP contribution in [-0.4, -0.2) is 49.0 Å². The average Bonchev–Trinajstić information content (AvgIpc) is 2.64. The molecular weight excluding hydrogens is 276 g/mol. The average molecular weight is 302 g/mol. The van der Waals surface area contributed by atoms with Crippen molar-refractivity contribution in [1.82, 2.24) is 10.2 Å². The van der Waals surface area contributed by atoms with Crippen molar-refractivity contribution in [3.05, 3.63) is 0 Å². The highest BCUT2D eigenvalue weighted by molar-refractivity contribution is 7.91. The first-order valence-corrected chi connectivity index (χ1v) is 9.45. The lowest BCUT2D eigenvalue weighted by molar-refractivity contribution is -0.132. The van der Waals surface area contributed by atoms with Gasteiger partial charge in [0.2, 0.25) is 5.91 Å². The maximum Gasteiger partial charge on any atom is 0.241 e. The van der Waals surface area contributed by atoms with E-state index in [1.807, 2.05) is 11.8 Å². The van der Waals surface area contributed by atoms with E-state index in [0.717, 1.165) is 19.3 Å². The molecule has 0 radical (unpaired) electrons. The number of sulfone groups is 1. The first-order chi connectivity index (χ1) is 9.34. The van der Waals surface area contributed by atoms with E-state index in [-0.39, 0.29) is 35.7 Å². The van der Waals surface area contributed by atoms with Crippen LogP contribution in [0.15, 0.2) is 0 Å². The molecule has 3 unspecified atom stereocenters. The van der Waals surface area contributed by atoms with Crippen molar-refractivity contribution in [2.24, 2.45) is 5.92 Å². The first kappa shape index (κ1) is 15.8. The molecule has 20 heavy (non-hydrogen) atoms. The van der Waals surface area contributed by atoms with Gasteiger partial charge >= 0.3 is 0 Å². The Balaban J connectivity index is 2.14. The van der Waals surface area contributed by atoms with Crippen LogP contribution in [0.4, 0.5) is 0 Å². The third-order valence-electron chi connectivity index (χ3n) is 4.21. The number of hydrogen-bond acceptors (Lipinski definition) is 4. The van der Waals surface area contributed by atoms with Crippen molar-refractivity contribution in [3.63, 3.8) is 0 Å². The summed E-state index contributed by atoms with van der Waals surface area (Å²) >= 11 is 0. The van der Waals surface area contributed by atoms with Gasteiger partial charge in [0, 0.05) is 6.04 Å². The summed E-state index contributed by atoms with van der Waals surface area (Å²) in [5.41, 5.74) is 0. The molecular formula is C14H26N2O3S. The van der Waals surface area contributed by atoms with E-state index in [2.05, 4.69) is 19.2 Å². The molecule has 5 nitrogen and oxygen atoms in total. The van der Waals surface area contributed by atoms with E-state index >= 15 is 0 Å². The van der Waals surface area contributed by atoms with E-state index in [9.17, 15) is 13.2 Å². The van der Waals surface area contributed by atoms with Gasteiger partial charge in [-0.1, -0.05) is 20.8 Å². The largest absolute Gasteiger partial charge is 0.322 e. The summed E-state index contributed by atoms with van der Waals surface area (Å²) < 4.78 is 23.6. The molecule has 6 heteroatoms. The smallest absolute Gasteiger partial charge is 0.241 e. The molecule has 0 spiro atoms. The first-order valence-electron chi connectivity index (χ1n) is 7.62. The van der Waals surface area contributed by atoms with Gasteiger partial charge in [-0.05, 0) is 31.6 Å². The molecule has 2 aliphatic heterocycles. The molecule has 2 fully saturated rings. The summed E-state index contributed by atoms with van der Waals surface area (Å²) in [5, 5.41) is 3.38. The van der Waals surface area contributed by atoms with Gasteiger partial charge in [-0.2, -0.15) is 0 Å². The van der Waals surface area contributed by atoms with E-state index < -0.39 is 9.84 Å². The topological polar surface area (TPSA) is 66.5 Å². The van der Waals surface area contributed by atoms with Crippen molar-refractivity contribution in [2.75, 3.05) is 11.5 Å². The maximum atomic E-state index is 12.6. The summed E-state index contributed by atoms with van der Waals surface area (Å²) in [6.45, 7) is 6.24. The SMILES string of the molecule is CCC1NC(CC(C)C)C(=O)N1C1CCCS(=O)(=O)C1. The third kappa shape index (κ3) is 3.34. The van der Waals surface area contributed by atoms with E-state index in [0.29, 0.717) is 12.3 Å². The molecule has 2 aliphatic rings. The van der Waals surface area contributed by atoms with E-state index in [1.165, 1.54) is 0 Å². The van der Waals surface area contributed by atoms with Crippen LogP contribution in [-0.2, 0) is 14.6 Å². The van der Waals surface area contributed by atoms with Crippen molar-refractivity contribution in [2.45, 2.75) is 64.7 Å². The monoisotopic (exact) mass is 302 g/mol. The molecule has 116 valence electrons. The Bertz CT molecular complexity index is 461. The highest BCUT2D eigenvalue weighted by atomic mass is 32.2. The summed E-state index contributed by atoms with van der Waals surface area (Å²) in [5.74, 6) is 0.938. The number of nitrogens with zero attached hydrogens (tertiary/aromatic N) is 1. The lowest BCUT2D eigenvalue weighted by Gasteiger charge is -2.34. The Labute approximate surface area is 122 Å². The van der Waals surface area contributed by atoms with E-state index in [1.54, 1.807) is 0 Å². The third-order valence-corrected chi connectivity index (χ3v) is 6.01. The number of nitrogens with one attached hydrogen (secondary N) is 1. The zero-order valence-electron chi connectivity index (χ0n) is 12.6. The molecule has 0 aliphatic carbocycles. The highest BCUT2D eigenvalue weighted by Gasteiger charge is 2.43. The molecule has 0 aromatic rings. The number of hydrogen-bond donors (Lipinski definition) is 1. The Morgan fingerprint density at radius 2 is 2.10 bits per heavy atom. The molecule has 1 N–H and O–H groups in total. The zero-order chi connectivity index (χ0) is 14.9. The van der Waals surface area contributed by atoms with Gasteiger partial charge in [0.15, 0.2) is 9.84 Å². The Morgan fingerprint density at radius 1 is 1.40 bits per heavy atom. The van der Waals surface area contributed by atoms with Crippen molar-refractivity contribution in [3.8, 4) is 0 Å². The summed E-state index contributed by atoms with van der Waals surface area (Å²) in [6, 6.07) is -0.291. The Hall–Kier alpha value is -0.620. The molecule has 2 heterocycles. The van der Waals surface area contributed by atoms with Gasteiger partial charge < -0.3 is 4.90 Å². The lowest BCUT2D eigenvalue weighted by atomic mass is 10.0. The summed E-state index contributed by atoms with van der Waals surface area (Å²) in [6.07, 6.45) is 3.09. The second-order valence-corrected chi connectivity index (χ2v) is 8.66. The normalized spacial score (nSPS) is 33.9. The minimum Gasteiger partial charge on any atom is -0.322 e. The van der Waals surface area contributed by atoms with Crippen molar-refractivity contribution >= 4 is 15.7 Å². The van der Waals surface area contributed by atoms with Gasteiger partial charge in [0.1, 0.15) is 0 Å². The number of rotatable bonds is 4. The number of carbonyl (C=O) groups is 1. The summed E-state index contributed by atoms with van der Waals surface area (Å²) in [7, 11) is -2.99. The van der Waals surface area contributed by atoms with Gasteiger partial charge in [0.25, 0.3) is 0 Å². The maximum absolute atomic E-state index is 12.6. The highest BCUT2D eigenvalue weighted by Crippen LogP contribution is 2.26. The van der Waals surface area contributed by atoms with Gasteiger partial charge in [0.05, 0.1) is 23.7 Å². The lowest BCUT2D eigenvalue weighted by Crippen LogP contribution is -2.49. The van der Waals surface area contributed by atoms with Crippen molar-refractivity contribution in [1.29, 1.82) is 0 Å². The number of amides is 1. The van der Waals surface area contributed by atoms with Crippen molar-refractivity contribution < 1.29 is 13.2 Å². The molecule has 1 amide bonds. The molecule has 3 atom stereocenters. The van der Waals surface area contributed by atoms with Crippen LogP contribution in [0, 0.1) is 5.92 Å². The van der Waals surface area contributed by atoms with Gasteiger partial charge in [-0.15, -0.1) is 0 Å². The predicted molar refractivity (Wildman–Crippen MR) is 79.0 cm³/mol. The molecule has 0 saturated carbocycles. The quantitative estimate of drug-likeness (QED) is 0.846. The van der Waals surface area contributed by atoms with Crippen LogP contribution in [0.3, 0.4) is 0 Å². The number of carbonyl (C=O) groups excluding carboxylic acids is 1. The zero-order valence-corrected chi connectivity index (χ0v) is 13.4. The Morgan fingerprint density at radius 3 is 2.65 bits per heavy atom. The molecule has 0 aromatic carbocycles. The van der Waals surface area contributed by atoms with Crippen LogP contribution in [0.2, 0.25) is 0 Å².